The molecule has 0 spiro atoms. The van der Waals surface area contributed by atoms with E-state index in [1.165, 1.54) is 15.7 Å². The maximum atomic E-state index is 4.42. The van der Waals surface area contributed by atoms with Crippen LogP contribution in [-0.4, -0.2) is 24.2 Å². The van der Waals surface area contributed by atoms with E-state index in [2.05, 4.69) is 59.0 Å². The minimum Gasteiger partial charge on any atom is -0.322 e. The molecule has 4 heterocycles. The van der Waals surface area contributed by atoms with Crippen LogP contribution in [0.15, 0.2) is 17.6 Å². The standard InChI is InChI=1S/C8H12N2S.C8H10N2S/c2*1-5-4-10-6(2)7(3)11-8(10)9-5/h4,6-7H,1-3H3;4H,1-3H3. The minimum atomic E-state index is 0.608. The molecule has 22 heavy (non-hydrogen) atoms. The Morgan fingerprint density at radius 1 is 1.00 bits per heavy atom. The van der Waals surface area contributed by atoms with Crippen molar-refractivity contribution in [2.75, 3.05) is 0 Å². The van der Waals surface area contributed by atoms with Crippen LogP contribution in [0.5, 0.6) is 0 Å². The van der Waals surface area contributed by atoms with Crippen molar-refractivity contribution in [3.8, 4) is 0 Å². The lowest BCUT2D eigenvalue weighted by Crippen LogP contribution is -2.06. The molecule has 0 fully saturated rings. The molecule has 1 aliphatic heterocycles. The highest BCUT2D eigenvalue weighted by atomic mass is 32.2. The van der Waals surface area contributed by atoms with E-state index in [0.29, 0.717) is 11.3 Å². The number of thioether (sulfide) groups is 1. The third-order valence-electron chi connectivity index (χ3n) is 4.14. The van der Waals surface area contributed by atoms with E-state index in [0.717, 1.165) is 16.3 Å². The summed E-state index contributed by atoms with van der Waals surface area (Å²) in [5.74, 6) is 0. The van der Waals surface area contributed by atoms with Crippen molar-refractivity contribution >= 4 is 28.1 Å². The smallest absolute Gasteiger partial charge is 0.194 e. The summed E-state index contributed by atoms with van der Waals surface area (Å²) in [6.45, 7) is 12.8. The molecule has 118 valence electrons. The molecular weight excluding hydrogens is 312 g/mol. The summed E-state index contributed by atoms with van der Waals surface area (Å²) in [6.07, 6.45) is 4.21. The minimum absolute atomic E-state index is 0.608. The molecule has 0 N–H and O–H groups in total. The van der Waals surface area contributed by atoms with Crippen LogP contribution in [0.2, 0.25) is 0 Å². The first-order valence-corrected chi connectivity index (χ1v) is 9.20. The van der Waals surface area contributed by atoms with Gasteiger partial charge in [0.25, 0.3) is 0 Å². The molecule has 0 aromatic carbocycles. The monoisotopic (exact) mass is 334 g/mol. The fourth-order valence-electron chi connectivity index (χ4n) is 2.53. The number of hydrogen-bond donors (Lipinski definition) is 0. The van der Waals surface area contributed by atoms with Gasteiger partial charge in [-0.25, -0.2) is 9.97 Å². The van der Waals surface area contributed by atoms with Crippen molar-refractivity contribution < 1.29 is 0 Å². The van der Waals surface area contributed by atoms with Crippen LogP contribution < -0.4 is 0 Å². The van der Waals surface area contributed by atoms with Gasteiger partial charge in [-0.2, -0.15) is 0 Å². The summed E-state index contributed by atoms with van der Waals surface area (Å²) in [4.78, 5) is 11.3. The number of hydrogen-bond acceptors (Lipinski definition) is 4. The van der Waals surface area contributed by atoms with Crippen molar-refractivity contribution in [1.29, 1.82) is 0 Å². The predicted molar refractivity (Wildman–Crippen MR) is 94.3 cm³/mol. The molecular formula is C16H22N4S2. The maximum Gasteiger partial charge on any atom is 0.194 e. The van der Waals surface area contributed by atoms with E-state index in [1.807, 2.05) is 25.6 Å². The third kappa shape index (κ3) is 2.70. The molecule has 0 bridgehead atoms. The Morgan fingerprint density at radius 2 is 1.68 bits per heavy atom. The van der Waals surface area contributed by atoms with E-state index >= 15 is 0 Å². The predicted octanol–water partition coefficient (Wildman–Crippen LogP) is 4.57. The molecule has 2 atom stereocenters. The second kappa shape index (κ2) is 5.74. The van der Waals surface area contributed by atoms with Gasteiger partial charge in [0.05, 0.1) is 11.4 Å². The molecule has 4 nitrogen and oxygen atoms in total. The van der Waals surface area contributed by atoms with Crippen LogP contribution in [0.25, 0.3) is 4.96 Å². The summed E-state index contributed by atoms with van der Waals surface area (Å²) >= 11 is 3.62. The zero-order valence-corrected chi connectivity index (χ0v) is 15.5. The molecule has 0 saturated carbocycles. The number of aryl methyl sites for hydroxylation is 4. The first-order valence-electron chi connectivity index (χ1n) is 7.50. The Bertz CT molecular complexity index is 812. The van der Waals surface area contributed by atoms with E-state index < -0.39 is 0 Å². The molecule has 0 radical (unpaired) electrons. The van der Waals surface area contributed by atoms with Gasteiger partial charge in [0, 0.05) is 34.3 Å². The van der Waals surface area contributed by atoms with Crippen molar-refractivity contribution in [2.24, 2.45) is 0 Å². The first kappa shape index (κ1) is 15.6. The lowest BCUT2D eigenvalue weighted by atomic mass is 10.2. The third-order valence-corrected chi connectivity index (χ3v) is 6.49. The second-order valence-electron chi connectivity index (χ2n) is 5.91. The summed E-state index contributed by atoms with van der Waals surface area (Å²) < 4.78 is 4.42. The molecule has 6 heteroatoms. The van der Waals surface area contributed by atoms with Crippen molar-refractivity contribution in [3.63, 3.8) is 0 Å². The SMILES string of the molecule is Cc1cn2c(C)c(C)sc2n1.Cc1cn2c(n1)SC(C)C2C. The van der Waals surface area contributed by atoms with E-state index in [4.69, 9.17) is 0 Å². The molecule has 0 saturated heterocycles. The Kier molecular flexibility index (Phi) is 4.07. The number of thiazole rings is 1. The average Bonchev–Trinajstić information content (AvgIpc) is 3.11. The van der Waals surface area contributed by atoms with Crippen molar-refractivity contribution in [1.82, 2.24) is 18.9 Å². The Labute approximate surface area is 139 Å². The molecule has 0 amide bonds. The van der Waals surface area contributed by atoms with Crippen molar-refractivity contribution in [2.45, 2.75) is 58.0 Å². The van der Waals surface area contributed by atoms with Gasteiger partial charge in [-0.3, -0.25) is 4.40 Å². The zero-order chi connectivity index (χ0) is 16.0. The quantitative estimate of drug-likeness (QED) is 0.604. The van der Waals surface area contributed by atoms with E-state index in [9.17, 15) is 0 Å². The molecule has 0 aliphatic carbocycles. The van der Waals surface area contributed by atoms with Gasteiger partial charge in [-0.15, -0.1) is 11.3 Å². The summed E-state index contributed by atoms with van der Waals surface area (Å²) in [6, 6.07) is 0.608. The van der Waals surface area contributed by atoms with Gasteiger partial charge in [0.1, 0.15) is 0 Å². The molecule has 1 aliphatic rings. The van der Waals surface area contributed by atoms with Crippen LogP contribution in [0.4, 0.5) is 0 Å². The summed E-state index contributed by atoms with van der Waals surface area (Å²) in [7, 11) is 0. The number of fused-ring (bicyclic) bond motifs is 2. The van der Waals surface area contributed by atoms with E-state index in [-0.39, 0.29) is 0 Å². The fourth-order valence-corrected chi connectivity index (χ4v) is 4.73. The Morgan fingerprint density at radius 3 is 2.32 bits per heavy atom. The number of nitrogens with zero attached hydrogens (tertiary/aromatic N) is 4. The lowest BCUT2D eigenvalue weighted by molar-refractivity contribution is 0.531. The number of imidazole rings is 2. The van der Waals surface area contributed by atoms with E-state index in [1.54, 1.807) is 11.3 Å². The van der Waals surface area contributed by atoms with Gasteiger partial charge in [-0.05, 0) is 34.6 Å². The molecule has 4 rings (SSSR count). The number of aromatic nitrogens is 4. The van der Waals surface area contributed by atoms with Crippen LogP contribution >= 0.6 is 23.1 Å². The van der Waals surface area contributed by atoms with Gasteiger partial charge in [0.2, 0.25) is 0 Å². The maximum absolute atomic E-state index is 4.42. The second-order valence-corrected chi connectivity index (χ2v) is 8.44. The number of rotatable bonds is 0. The van der Waals surface area contributed by atoms with Crippen LogP contribution in [0.1, 0.15) is 41.8 Å². The van der Waals surface area contributed by atoms with Gasteiger partial charge < -0.3 is 4.57 Å². The summed E-state index contributed by atoms with van der Waals surface area (Å²) in [5, 5.41) is 1.86. The first-order chi connectivity index (χ1) is 10.4. The molecule has 2 unspecified atom stereocenters. The Hall–Kier alpha value is -1.27. The molecule has 3 aromatic rings. The average molecular weight is 335 g/mol. The normalized spacial score (nSPS) is 20.1. The highest BCUT2D eigenvalue weighted by molar-refractivity contribution is 8.00. The Balaban J connectivity index is 0.000000131. The zero-order valence-electron chi connectivity index (χ0n) is 13.9. The van der Waals surface area contributed by atoms with Crippen LogP contribution in [-0.2, 0) is 0 Å². The fraction of sp³-hybridized carbons (Fsp3) is 0.500. The van der Waals surface area contributed by atoms with Crippen molar-refractivity contribution in [3.05, 3.63) is 34.4 Å². The van der Waals surface area contributed by atoms with Gasteiger partial charge in [-0.1, -0.05) is 18.7 Å². The topological polar surface area (TPSA) is 35.1 Å². The van der Waals surface area contributed by atoms with Gasteiger partial charge in [0.15, 0.2) is 10.1 Å². The highest BCUT2D eigenvalue weighted by Crippen LogP contribution is 2.38. The summed E-state index contributed by atoms with van der Waals surface area (Å²) in [5.41, 5.74) is 3.54. The van der Waals surface area contributed by atoms with Crippen LogP contribution in [0, 0.1) is 27.7 Å². The lowest BCUT2D eigenvalue weighted by Gasteiger charge is -2.08. The molecule has 3 aromatic heterocycles. The van der Waals surface area contributed by atoms with Gasteiger partial charge >= 0.3 is 0 Å². The largest absolute Gasteiger partial charge is 0.322 e. The van der Waals surface area contributed by atoms with Crippen LogP contribution in [0.3, 0.4) is 0 Å². The highest BCUT2D eigenvalue weighted by Gasteiger charge is 2.27.